The number of nitrogens with zero attached hydrogens (tertiary/aromatic N) is 3. The molecule has 102 valence electrons. The molecule has 3 aromatic rings. The quantitative estimate of drug-likeness (QED) is 0.789. The predicted molar refractivity (Wildman–Crippen MR) is 80.5 cm³/mol. The van der Waals surface area contributed by atoms with Gasteiger partial charge in [0.1, 0.15) is 11.3 Å². The second kappa shape index (κ2) is 5.43. The molecule has 2 aromatic heterocycles. The van der Waals surface area contributed by atoms with Gasteiger partial charge in [-0.3, -0.25) is 0 Å². The van der Waals surface area contributed by atoms with E-state index in [1.165, 1.54) is 5.56 Å². The third kappa shape index (κ3) is 2.08. The molecule has 4 nitrogen and oxygen atoms in total. The molecule has 4 heteroatoms. The summed E-state index contributed by atoms with van der Waals surface area (Å²) in [7, 11) is 0. The van der Waals surface area contributed by atoms with Gasteiger partial charge in [0.15, 0.2) is 5.65 Å². The smallest absolute Gasteiger partial charge is 0.159 e. The summed E-state index contributed by atoms with van der Waals surface area (Å²) in [5.41, 5.74) is 9.06. The summed E-state index contributed by atoms with van der Waals surface area (Å²) < 4.78 is 2.15. The van der Waals surface area contributed by atoms with Crippen molar-refractivity contribution in [3.05, 3.63) is 60.0 Å². The number of rotatable bonds is 4. The SMILES string of the molecule is CCn1c(C(CN)c2ccccc2)nc2cccnc21. The number of hydrogen-bond donors (Lipinski definition) is 1. The van der Waals surface area contributed by atoms with Crippen LogP contribution in [0.15, 0.2) is 48.7 Å². The molecule has 0 bridgehead atoms. The number of aryl methyl sites for hydroxylation is 1. The van der Waals surface area contributed by atoms with E-state index in [0.29, 0.717) is 6.54 Å². The van der Waals surface area contributed by atoms with E-state index in [0.717, 1.165) is 23.5 Å². The molecule has 0 spiro atoms. The van der Waals surface area contributed by atoms with Crippen molar-refractivity contribution in [1.82, 2.24) is 14.5 Å². The van der Waals surface area contributed by atoms with Crippen molar-refractivity contribution in [3.8, 4) is 0 Å². The second-order valence-corrected chi connectivity index (χ2v) is 4.76. The molecule has 0 amide bonds. The second-order valence-electron chi connectivity index (χ2n) is 4.76. The van der Waals surface area contributed by atoms with Crippen LogP contribution in [0.1, 0.15) is 24.2 Å². The Bertz CT molecular complexity index is 703. The Morgan fingerprint density at radius 2 is 1.95 bits per heavy atom. The molecule has 0 aliphatic rings. The van der Waals surface area contributed by atoms with Crippen LogP contribution in [0.4, 0.5) is 0 Å². The summed E-state index contributed by atoms with van der Waals surface area (Å²) in [5, 5.41) is 0. The van der Waals surface area contributed by atoms with Crippen LogP contribution in [0.5, 0.6) is 0 Å². The van der Waals surface area contributed by atoms with Crippen LogP contribution >= 0.6 is 0 Å². The van der Waals surface area contributed by atoms with Crippen LogP contribution in [-0.4, -0.2) is 21.1 Å². The largest absolute Gasteiger partial charge is 0.329 e. The third-order valence-electron chi connectivity index (χ3n) is 3.60. The molecule has 0 fully saturated rings. The first-order chi connectivity index (χ1) is 9.85. The standard InChI is InChI=1S/C16H18N4/c1-2-20-15(19-14-9-6-10-18-16(14)20)13(11-17)12-7-4-3-5-8-12/h3-10,13H,2,11,17H2,1H3. The van der Waals surface area contributed by atoms with Crippen molar-refractivity contribution in [2.45, 2.75) is 19.4 Å². The highest BCUT2D eigenvalue weighted by atomic mass is 15.1. The molecule has 0 radical (unpaired) electrons. The zero-order chi connectivity index (χ0) is 13.9. The van der Waals surface area contributed by atoms with E-state index in [4.69, 9.17) is 10.7 Å². The van der Waals surface area contributed by atoms with Gasteiger partial charge in [0.25, 0.3) is 0 Å². The fourth-order valence-corrected chi connectivity index (χ4v) is 2.63. The van der Waals surface area contributed by atoms with E-state index in [1.54, 1.807) is 6.20 Å². The summed E-state index contributed by atoms with van der Waals surface area (Å²) in [6.45, 7) is 3.48. The highest BCUT2D eigenvalue weighted by Gasteiger charge is 2.20. The van der Waals surface area contributed by atoms with Crippen LogP contribution < -0.4 is 5.73 Å². The Hall–Kier alpha value is -2.20. The maximum absolute atomic E-state index is 6.01. The lowest BCUT2D eigenvalue weighted by molar-refractivity contribution is 0.657. The molecule has 0 aliphatic carbocycles. The van der Waals surface area contributed by atoms with Gasteiger partial charge in [-0.25, -0.2) is 9.97 Å². The topological polar surface area (TPSA) is 56.7 Å². The van der Waals surface area contributed by atoms with Crippen molar-refractivity contribution in [3.63, 3.8) is 0 Å². The normalized spacial score (nSPS) is 12.7. The van der Waals surface area contributed by atoms with Gasteiger partial charge in [-0.05, 0) is 24.6 Å². The Morgan fingerprint density at radius 1 is 1.15 bits per heavy atom. The maximum Gasteiger partial charge on any atom is 0.159 e. The molecule has 1 atom stereocenters. The van der Waals surface area contributed by atoms with E-state index in [-0.39, 0.29) is 5.92 Å². The Kier molecular flexibility index (Phi) is 3.48. The van der Waals surface area contributed by atoms with Crippen molar-refractivity contribution < 1.29 is 0 Å². The Morgan fingerprint density at radius 3 is 2.65 bits per heavy atom. The molecule has 2 N–H and O–H groups in total. The molecular weight excluding hydrogens is 248 g/mol. The number of aromatic nitrogens is 3. The number of fused-ring (bicyclic) bond motifs is 1. The first-order valence-electron chi connectivity index (χ1n) is 6.91. The number of pyridine rings is 1. The van der Waals surface area contributed by atoms with E-state index in [2.05, 4.69) is 28.6 Å². The molecule has 3 rings (SSSR count). The molecule has 20 heavy (non-hydrogen) atoms. The van der Waals surface area contributed by atoms with Gasteiger partial charge >= 0.3 is 0 Å². The molecule has 1 unspecified atom stereocenters. The van der Waals surface area contributed by atoms with Gasteiger partial charge in [0.05, 0.1) is 5.92 Å². The summed E-state index contributed by atoms with van der Waals surface area (Å²) in [5.74, 6) is 1.10. The fraction of sp³-hybridized carbons (Fsp3) is 0.250. The molecule has 0 saturated heterocycles. The minimum Gasteiger partial charge on any atom is -0.329 e. The van der Waals surface area contributed by atoms with Gasteiger partial charge in [-0.2, -0.15) is 0 Å². The van der Waals surface area contributed by atoms with Gasteiger partial charge in [-0.15, -0.1) is 0 Å². The third-order valence-corrected chi connectivity index (χ3v) is 3.60. The lowest BCUT2D eigenvalue weighted by atomic mass is 9.98. The summed E-state index contributed by atoms with van der Waals surface area (Å²) >= 11 is 0. The Labute approximate surface area is 118 Å². The zero-order valence-corrected chi connectivity index (χ0v) is 11.5. The van der Waals surface area contributed by atoms with Crippen LogP contribution in [0.3, 0.4) is 0 Å². The first-order valence-corrected chi connectivity index (χ1v) is 6.91. The lowest BCUT2D eigenvalue weighted by Gasteiger charge is -2.16. The zero-order valence-electron chi connectivity index (χ0n) is 11.5. The minimum atomic E-state index is 0.102. The van der Waals surface area contributed by atoms with E-state index >= 15 is 0 Å². The molecule has 1 aromatic carbocycles. The fourth-order valence-electron chi connectivity index (χ4n) is 2.63. The molecule has 0 saturated carbocycles. The highest BCUT2D eigenvalue weighted by molar-refractivity contribution is 5.71. The summed E-state index contributed by atoms with van der Waals surface area (Å²) in [6, 6.07) is 14.2. The monoisotopic (exact) mass is 266 g/mol. The maximum atomic E-state index is 6.01. The van der Waals surface area contributed by atoms with E-state index in [1.807, 2.05) is 30.3 Å². The van der Waals surface area contributed by atoms with Crippen LogP contribution in [0.25, 0.3) is 11.2 Å². The summed E-state index contributed by atoms with van der Waals surface area (Å²) in [4.78, 5) is 9.19. The number of benzene rings is 1. The lowest BCUT2D eigenvalue weighted by Crippen LogP contribution is -2.18. The first kappa shape index (κ1) is 12.8. The average molecular weight is 266 g/mol. The Balaban J connectivity index is 2.17. The summed E-state index contributed by atoms with van der Waals surface area (Å²) in [6.07, 6.45) is 1.81. The van der Waals surface area contributed by atoms with Crippen molar-refractivity contribution in [2.75, 3.05) is 6.54 Å². The van der Waals surface area contributed by atoms with Crippen molar-refractivity contribution >= 4 is 11.2 Å². The number of imidazole rings is 1. The molecule has 0 aliphatic heterocycles. The van der Waals surface area contributed by atoms with Crippen LogP contribution in [0, 0.1) is 0 Å². The minimum absolute atomic E-state index is 0.102. The van der Waals surface area contributed by atoms with Crippen molar-refractivity contribution in [1.29, 1.82) is 0 Å². The van der Waals surface area contributed by atoms with Gasteiger partial charge in [0.2, 0.25) is 0 Å². The van der Waals surface area contributed by atoms with Gasteiger partial charge in [0, 0.05) is 19.3 Å². The average Bonchev–Trinajstić information content (AvgIpc) is 2.87. The predicted octanol–water partition coefficient (Wildman–Crippen LogP) is 2.54. The number of nitrogens with two attached hydrogens (primary N) is 1. The highest BCUT2D eigenvalue weighted by Crippen LogP contribution is 2.25. The van der Waals surface area contributed by atoms with Crippen molar-refractivity contribution in [2.24, 2.45) is 5.73 Å². The van der Waals surface area contributed by atoms with Gasteiger partial charge in [-0.1, -0.05) is 30.3 Å². The van der Waals surface area contributed by atoms with Crippen LogP contribution in [-0.2, 0) is 6.54 Å². The van der Waals surface area contributed by atoms with Gasteiger partial charge < -0.3 is 10.3 Å². The number of hydrogen-bond acceptors (Lipinski definition) is 3. The van der Waals surface area contributed by atoms with E-state index < -0.39 is 0 Å². The molecule has 2 heterocycles. The van der Waals surface area contributed by atoms with Crippen LogP contribution in [0.2, 0.25) is 0 Å². The van der Waals surface area contributed by atoms with E-state index in [9.17, 15) is 0 Å². The molecular formula is C16H18N4.